The van der Waals surface area contributed by atoms with Crippen molar-refractivity contribution < 1.29 is 8.95 Å². The van der Waals surface area contributed by atoms with Crippen LogP contribution in [0.3, 0.4) is 0 Å². The van der Waals surface area contributed by atoms with Gasteiger partial charge in [0.1, 0.15) is 0 Å². The smallest absolute Gasteiger partial charge is 0.0610 e. The Kier molecular flexibility index (Phi) is 2.02. The molecule has 1 aliphatic heterocycles. The lowest BCUT2D eigenvalue weighted by Crippen LogP contribution is -2.12. The largest absolute Gasteiger partial charge is 0.380 e. The molecule has 0 aliphatic carbocycles. The van der Waals surface area contributed by atoms with Gasteiger partial charge in [0.15, 0.2) is 0 Å². The van der Waals surface area contributed by atoms with E-state index in [1.807, 2.05) is 0 Å². The molecular weight excluding hydrogens is 124 g/mol. The topological polar surface area (TPSA) is 26.3 Å². The highest BCUT2D eigenvalue weighted by Gasteiger charge is 2.18. The molecule has 1 fully saturated rings. The maximum Gasteiger partial charge on any atom is 0.0610 e. The maximum absolute atomic E-state index is 10.7. The normalized spacial score (nSPS) is 32.9. The van der Waals surface area contributed by atoms with Crippen LogP contribution < -0.4 is 0 Å². The summed E-state index contributed by atoms with van der Waals surface area (Å²) in [5, 5.41) is 0.315. The molecule has 2 atom stereocenters. The lowest BCUT2D eigenvalue weighted by atomic mass is 10.4. The minimum Gasteiger partial charge on any atom is -0.380 e. The third-order valence-corrected chi connectivity index (χ3v) is 2.67. The highest BCUT2D eigenvalue weighted by molar-refractivity contribution is 7.84. The predicted octanol–water partition coefficient (Wildman–Crippen LogP) is 0.154. The van der Waals surface area contributed by atoms with Gasteiger partial charge in [0.05, 0.1) is 11.9 Å². The van der Waals surface area contributed by atoms with Gasteiger partial charge >= 0.3 is 0 Å². The molecule has 0 aromatic heterocycles. The van der Waals surface area contributed by atoms with Crippen LogP contribution in [0.4, 0.5) is 0 Å². The van der Waals surface area contributed by atoms with Crippen molar-refractivity contribution in [3.8, 4) is 0 Å². The van der Waals surface area contributed by atoms with Gasteiger partial charge in [-0.1, -0.05) is 0 Å². The van der Waals surface area contributed by atoms with Gasteiger partial charge in [-0.2, -0.15) is 0 Å². The first-order valence-electron chi connectivity index (χ1n) is 2.70. The summed E-state index contributed by atoms with van der Waals surface area (Å²) >= 11 is 0. The molecule has 0 spiro atoms. The number of hydrogen-bond acceptors (Lipinski definition) is 2. The van der Waals surface area contributed by atoms with Crippen LogP contribution in [0.25, 0.3) is 0 Å². The van der Waals surface area contributed by atoms with Gasteiger partial charge in [-0.25, -0.2) is 0 Å². The van der Waals surface area contributed by atoms with Gasteiger partial charge in [0.25, 0.3) is 0 Å². The van der Waals surface area contributed by atoms with Gasteiger partial charge < -0.3 is 4.74 Å². The molecule has 0 aromatic rings. The molecule has 1 aliphatic rings. The standard InChI is InChI=1S/C5H10O2S/c1-8(6)5-2-3-7-4-5/h5H,2-4H2,1H3. The summed E-state index contributed by atoms with van der Waals surface area (Å²) in [5.41, 5.74) is 0. The quantitative estimate of drug-likeness (QED) is 0.510. The monoisotopic (exact) mass is 134 g/mol. The Morgan fingerprint density at radius 2 is 2.50 bits per heavy atom. The van der Waals surface area contributed by atoms with Crippen molar-refractivity contribution in [2.45, 2.75) is 11.7 Å². The molecule has 3 heteroatoms. The second-order valence-electron chi connectivity index (χ2n) is 1.98. The first-order chi connectivity index (χ1) is 3.80. The molecule has 0 radical (unpaired) electrons. The van der Waals surface area contributed by atoms with E-state index in [0.29, 0.717) is 11.9 Å². The van der Waals surface area contributed by atoms with Crippen molar-refractivity contribution in [1.82, 2.24) is 0 Å². The zero-order valence-corrected chi connectivity index (χ0v) is 5.74. The zero-order valence-electron chi connectivity index (χ0n) is 4.92. The fourth-order valence-electron chi connectivity index (χ4n) is 0.775. The molecule has 48 valence electrons. The van der Waals surface area contributed by atoms with Crippen LogP contribution in [0.2, 0.25) is 0 Å². The summed E-state index contributed by atoms with van der Waals surface area (Å²) in [7, 11) is -0.666. The Balaban J connectivity index is 2.35. The first-order valence-corrected chi connectivity index (χ1v) is 4.33. The second kappa shape index (κ2) is 2.60. The van der Waals surface area contributed by atoms with Crippen LogP contribution >= 0.6 is 0 Å². The summed E-state index contributed by atoms with van der Waals surface area (Å²) in [6, 6.07) is 0. The Hall–Kier alpha value is 0.110. The van der Waals surface area contributed by atoms with E-state index in [2.05, 4.69) is 0 Å². The third kappa shape index (κ3) is 1.29. The lowest BCUT2D eigenvalue weighted by molar-refractivity contribution is 0.199. The number of ether oxygens (including phenoxy) is 1. The summed E-state index contributed by atoms with van der Waals surface area (Å²) in [6.45, 7) is 1.49. The van der Waals surface area contributed by atoms with E-state index in [-0.39, 0.29) is 0 Å². The fourth-order valence-corrected chi connectivity index (χ4v) is 1.49. The van der Waals surface area contributed by atoms with E-state index < -0.39 is 10.8 Å². The summed E-state index contributed by atoms with van der Waals surface area (Å²) < 4.78 is 15.7. The van der Waals surface area contributed by atoms with Crippen molar-refractivity contribution in [2.24, 2.45) is 0 Å². The molecule has 2 unspecified atom stereocenters. The average molecular weight is 134 g/mol. The summed E-state index contributed by atoms with van der Waals surface area (Å²) in [4.78, 5) is 0. The minimum absolute atomic E-state index is 0.315. The van der Waals surface area contributed by atoms with Gasteiger partial charge in [0.2, 0.25) is 0 Å². The third-order valence-electron chi connectivity index (χ3n) is 1.36. The van der Waals surface area contributed by atoms with E-state index in [1.165, 1.54) is 0 Å². The first kappa shape index (κ1) is 6.23. The Morgan fingerprint density at radius 1 is 1.75 bits per heavy atom. The van der Waals surface area contributed by atoms with Gasteiger partial charge in [-0.3, -0.25) is 4.21 Å². The molecule has 0 bridgehead atoms. The summed E-state index contributed by atoms with van der Waals surface area (Å²) in [5.74, 6) is 0. The molecule has 2 nitrogen and oxygen atoms in total. The lowest BCUT2D eigenvalue weighted by Gasteiger charge is -1.98. The van der Waals surface area contributed by atoms with Crippen LogP contribution in [0.5, 0.6) is 0 Å². The van der Waals surface area contributed by atoms with Crippen LogP contribution in [-0.2, 0) is 15.5 Å². The molecule has 1 rings (SSSR count). The fraction of sp³-hybridized carbons (Fsp3) is 1.00. The zero-order chi connectivity index (χ0) is 5.98. The van der Waals surface area contributed by atoms with E-state index in [1.54, 1.807) is 6.26 Å². The predicted molar refractivity (Wildman–Crippen MR) is 33.3 cm³/mol. The van der Waals surface area contributed by atoms with E-state index >= 15 is 0 Å². The highest BCUT2D eigenvalue weighted by Crippen LogP contribution is 2.08. The SMILES string of the molecule is CS(=O)C1CCOC1. The molecule has 8 heavy (non-hydrogen) atoms. The van der Waals surface area contributed by atoms with Crippen molar-refractivity contribution in [3.05, 3.63) is 0 Å². The minimum atomic E-state index is -0.666. The second-order valence-corrected chi connectivity index (χ2v) is 3.65. The molecule has 0 saturated carbocycles. The van der Waals surface area contributed by atoms with E-state index in [9.17, 15) is 4.21 Å². The Bertz CT molecular complexity index is 96.6. The molecule has 1 heterocycles. The number of rotatable bonds is 1. The van der Waals surface area contributed by atoms with Crippen molar-refractivity contribution in [3.63, 3.8) is 0 Å². The van der Waals surface area contributed by atoms with Crippen molar-refractivity contribution in [1.29, 1.82) is 0 Å². The summed E-state index contributed by atoms with van der Waals surface area (Å²) in [6.07, 6.45) is 2.71. The Morgan fingerprint density at radius 3 is 2.75 bits per heavy atom. The average Bonchev–Trinajstić information content (AvgIpc) is 2.12. The van der Waals surface area contributed by atoms with Crippen LogP contribution in [0.15, 0.2) is 0 Å². The van der Waals surface area contributed by atoms with Crippen molar-refractivity contribution in [2.75, 3.05) is 19.5 Å². The Labute approximate surface area is 51.7 Å². The molecule has 0 amide bonds. The van der Waals surface area contributed by atoms with Crippen LogP contribution in [0.1, 0.15) is 6.42 Å². The van der Waals surface area contributed by atoms with Gasteiger partial charge in [-0.15, -0.1) is 0 Å². The van der Waals surface area contributed by atoms with Crippen molar-refractivity contribution >= 4 is 10.8 Å². The number of hydrogen-bond donors (Lipinski definition) is 0. The molecular formula is C5H10O2S. The highest BCUT2D eigenvalue weighted by atomic mass is 32.2. The molecule has 0 aromatic carbocycles. The van der Waals surface area contributed by atoms with E-state index in [0.717, 1.165) is 13.0 Å². The van der Waals surface area contributed by atoms with Crippen LogP contribution in [-0.4, -0.2) is 28.9 Å². The molecule has 1 saturated heterocycles. The van der Waals surface area contributed by atoms with Gasteiger partial charge in [0, 0.05) is 23.7 Å². The molecule has 0 N–H and O–H groups in total. The van der Waals surface area contributed by atoms with Gasteiger partial charge in [-0.05, 0) is 6.42 Å². The maximum atomic E-state index is 10.7. The van der Waals surface area contributed by atoms with E-state index in [4.69, 9.17) is 4.74 Å². The van der Waals surface area contributed by atoms with Crippen LogP contribution in [0, 0.1) is 0 Å².